The zero-order valence-corrected chi connectivity index (χ0v) is 14.4. The van der Waals surface area contributed by atoms with E-state index in [1.165, 1.54) is 0 Å². The van der Waals surface area contributed by atoms with Crippen LogP contribution in [0.3, 0.4) is 0 Å². The highest BCUT2D eigenvalue weighted by Crippen LogP contribution is 2.24. The van der Waals surface area contributed by atoms with Crippen LogP contribution in [0.1, 0.15) is 24.2 Å². The molecule has 1 amide bonds. The van der Waals surface area contributed by atoms with Crippen LogP contribution in [0.5, 0.6) is 0 Å². The van der Waals surface area contributed by atoms with Crippen LogP contribution in [0, 0.1) is 0 Å². The lowest BCUT2D eigenvalue weighted by molar-refractivity contribution is 0.102. The van der Waals surface area contributed by atoms with E-state index in [1.54, 1.807) is 41.8 Å². The minimum atomic E-state index is -0.294. The SMILES string of the molecule is CC(C)Sc1cccc(C(=O)Nc2nnc(-c3ccn(C)n3)o2)c1. The summed E-state index contributed by atoms with van der Waals surface area (Å²) in [6.45, 7) is 4.21. The van der Waals surface area contributed by atoms with Crippen LogP contribution >= 0.6 is 11.8 Å². The molecule has 2 aromatic heterocycles. The number of anilines is 1. The predicted molar refractivity (Wildman–Crippen MR) is 91.9 cm³/mol. The Morgan fingerprint density at radius 3 is 2.83 bits per heavy atom. The molecule has 3 rings (SSSR count). The number of hydrogen-bond donors (Lipinski definition) is 1. The number of hydrogen-bond acceptors (Lipinski definition) is 6. The molecular formula is C16H17N5O2S. The molecule has 2 heterocycles. The van der Waals surface area contributed by atoms with Gasteiger partial charge < -0.3 is 4.42 Å². The molecule has 0 radical (unpaired) electrons. The molecule has 0 aliphatic heterocycles. The van der Waals surface area contributed by atoms with E-state index < -0.39 is 0 Å². The Hall–Kier alpha value is -2.61. The fourth-order valence-electron chi connectivity index (χ4n) is 2.06. The van der Waals surface area contributed by atoms with Gasteiger partial charge in [-0.05, 0) is 24.3 Å². The Labute approximate surface area is 143 Å². The molecule has 0 saturated heterocycles. The number of aryl methyl sites for hydroxylation is 1. The highest BCUT2D eigenvalue weighted by Gasteiger charge is 2.14. The van der Waals surface area contributed by atoms with Gasteiger partial charge in [0.15, 0.2) is 0 Å². The second-order valence-corrected chi connectivity index (χ2v) is 7.09. The van der Waals surface area contributed by atoms with Gasteiger partial charge in [0.25, 0.3) is 11.8 Å². The molecule has 0 atom stereocenters. The first-order valence-electron chi connectivity index (χ1n) is 7.43. The van der Waals surface area contributed by atoms with Crippen molar-refractivity contribution in [3.05, 3.63) is 42.1 Å². The van der Waals surface area contributed by atoms with E-state index in [0.717, 1.165) is 4.90 Å². The van der Waals surface area contributed by atoms with Crippen LogP contribution in [0.2, 0.25) is 0 Å². The summed E-state index contributed by atoms with van der Waals surface area (Å²) in [5.41, 5.74) is 1.10. The minimum absolute atomic E-state index is 0.0440. The number of thioether (sulfide) groups is 1. The molecule has 1 aromatic carbocycles. The van der Waals surface area contributed by atoms with Crippen molar-refractivity contribution in [1.29, 1.82) is 0 Å². The Bertz CT molecular complexity index is 856. The topological polar surface area (TPSA) is 85.8 Å². The van der Waals surface area contributed by atoms with Crippen molar-refractivity contribution in [2.45, 2.75) is 24.0 Å². The van der Waals surface area contributed by atoms with Crippen LogP contribution in [0.4, 0.5) is 6.01 Å². The summed E-state index contributed by atoms with van der Waals surface area (Å²) >= 11 is 1.70. The van der Waals surface area contributed by atoms with E-state index in [-0.39, 0.29) is 17.8 Å². The lowest BCUT2D eigenvalue weighted by atomic mass is 10.2. The second kappa shape index (κ2) is 6.88. The Balaban J connectivity index is 1.72. The molecule has 7 nitrogen and oxygen atoms in total. The van der Waals surface area contributed by atoms with Crippen LogP contribution < -0.4 is 5.32 Å². The van der Waals surface area contributed by atoms with Gasteiger partial charge in [-0.2, -0.15) is 5.10 Å². The maximum absolute atomic E-state index is 12.3. The van der Waals surface area contributed by atoms with Crippen LogP contribution in [-0.2, 0) is 7.05 Å². The molecular weight excluding hydrogens is 326 g/mol. The molecule has 0 aliphatic rings. The summed E-state index contributed by atoms with van der Waals surface area (Å²) in [7, 11) is 1.80. The van der Waals surface area contributed by atoms with Gasteiger partial charge in [-0.15, -0.1) is 16.9 Å². The van der Waals surface area contributed by atoms with Crippen molar-refractivity contribution < 1.29 is 9.21 Å². The van der Waals surface area contributed by atoms with Crippen molar-refractivity contribution in [1.82, 2.24) is 20.0 Å². The van der Waals surface area contributed by atoms with Crippen molar-refractivity contribution in [2.24, 2.45) is 7.05 Å². The van der Waals surface area contributed by atoms with Gasteiger partial charge >= 0.3 is 6.01 Å². The first-order valence-corrected chi connectivity index (χ1v) is 8.31. The molecule has 24 heavy (non-hydrogen) atoms. The van der Waals surface area contributed by atoms with Gasteiger partial charge in [0.1, 0.15) is 5.69 Å². The van der Waals surface area contributed by atoms with Gasteiger partial charge in [0.2, 0.25) is 0 Å². The van der Waals surface area contributed by atoms with Crippen LogP contribution in [0.15, 0.2) is 45.8 Å². The number of benzene rings is 1. The number of aromatic nitrogens is 4. The summed E-state index contributed by atoms with van der Waals surface area (Å²) < 4.78 is 7.07. The lowest BCUT2D eigenvalue weighted by Crippen LogP contribution is -2.12. The first-order chi connectivity index (χ1) is 11.5. The molecule has 1 N–H and O–H groups in total. The average molecular weight is 343 g/mol. The zero-order valence-electron chi connectivity index (χ0n) is 13.6. The summed E-state index contributed by atoms with van der Waals surface area (Å²) in [5.74, 6) is -0.0348. The number of nitrogens with one attached hydrogen (secondary N) is 1. The molecule has 0 spiro atoms. The standard InChI is InChI=1S/C16H17N5O2S/c1-10(2)24-12-6-4-5-11(9-12)14(22)17-16-19-18-15(23-16)13-7-8-21(3)20-13/h4-10H,1-3H3,(H,17,19,22). The number of nitrogens with zero attached hydrogens (tertiary/aromatic N) is 4. The smallest absolute Gasteiger partial charge is 0.322 e. The third-order valence-electron chi connectivity index (χ3n) is 3.05. The zero-order chi connectivity index (χ0) is 17.1. The van der Waals surface area contributed by atoms with E-state index in [0.29, 0.717) is 16.5 Å². The van der Waals surface area contributed by atoms with Gasteiger partial charge in [-0.1, -0.05) is 25.0 Å². The summed E-state index contributed by atoms with van der Waals surface area (Å²) in [4.78, 5) is 13.4. The Kier molecular flexibility index (Phi) is 4.66. The molecule has 0 aliphatic carbocycles. The molecule has 0 bridgehead atoms. The first kappa shape index (κ1) is 16.3. The predicted octanol–water partition coefficient (Wildman–Crippen LogP) is 3.22. The third kappa shape index (κ3) is 3.83. The van der Waals surface area contributed by atoms with Gasteiger partial charge in [0.05, 0.1) is 0 Å². The lowest BCUT2D eigenvalue weighted by Gasteiger charge is -2.06. The monoisotopic (exact) mass is 343 g/mol. The van der Waals surface area contributed by atoms with Gasteiger partial charge in [0, 0.05) is 29.0 Å². The maximum Gasteiger partial charge on any atom is 0.322 e. The van der Waals surface area contributed by atoms with Crippen molar-refractivity contribution in [2.75, 3.05) is 5.32 Å². The molecule has 124 valence electrons. The highest BCUT2D eigenvalue weighted by molar-refractivity contribution is 7.99. The van der Waals surface area contributed by atoms with Crippen molar-refractivity contribution >= 4 is 23.7 Å². The molecule has 8 heteroatoms. The normalized spacial score (nSPS) is 11.0. The molecule has 0 fully saturated rings. The summed E-state index contributed by atoms with van der Waals surface area (Å²) in [6, 6.07) is 9.22. The average Bonchev–Trinajstić information content (AvgIpc) is 3.16. The van der Waals surface area contributed by atoms with E-state index in [1.807, 2.05) is 18.2 Å². The third-order valence-corrected chi connectivity index (χ3v) is 4.04. The number of rotatable bonds is 5. The van der Waals surface area contributed by atoms with E-state index in [9.17, 15) is 4.79 Å². The van der Waals surface area contributed by atoms with Crippen LogP contribution in [-0.4, -0.2) is 31.1 Å². The Morgan fingerprint density at radius 1 is 1.29 bits per heavy atom. The number of amides is 1. The summed E-state index contributed by atoms with van der Waals surface area (Å²) in [5, 5.41) is 15.0. The van der Waals surface area contributed by atoms with E-state index >= 15 is 0 Å². The van der Waals surface area contributed by atoms with Crippen LogP contribution in [0.25, 0.3) is 11.6 Å². The molecule has 0 unspecified atom stereocenters. The van der Waals surface area contributed by atoms with Gasteiger partial charge in [-0.25, -0.2) is 0 Å². The largest absolute Gasteiger partial charge is 0.401 e. The Morgan fingerprint density at radius 2 is 2.12 bits per heavy atom. The van der Waals surface area contributed by atoms with Crippen molar-refractivity contribution in [3.63, 3.8) is 0 Å². The maximum atomic E-state index is 12.3. The van der Waals surface area contributed by atoms with E-state index in [2.05, 4.69) is 34.5 Å². The van der Waals surface area contributed by atoms with Gasteiger partial charge in [-0.3, -0.25) is 14.8 Å². The minimum Gasteiger partial charge on any atom is -0.401 e. The highest BCUT2D eigenvalue weighted by atomic mass is 32.2. The quantitative estimate of drug-likeness (QED) is 0.716. The fourth-order valence-corrected chi connectivity index (χ4v) is 2.95. The molecule has 0 saturated carbocycles. The van der Waals surface area contributed by atoms with E-state index in [4.69, 9.17) is 4.42 Å². The number of carbonyl (C=O) groups is 1. The summed E-state index contributed by atoms with van der Waals surface area (Å²) in [6.07, 6.45) is 1.77. The molecule has 3 aromatic rings. The fraction of sp³-hybridized carbons (Fsp3) is 0.250. The van der Waals surface area contributed by atoms with Crippen molar-refractivity contribution in [3.8, 4) is 11.6 Å². The number of carbonyl (C=O) groups excluding carboxylic acids is 1. The second-order valence-electron chi connectivity index (χ2n) is 5.44.